The molecule has 2 aromatic rings. The Kier molecular flexibility index (Phi) is 4.51. The number of aromatic nitrogens is 1. The third-order valence-electron chi connectivity index (χ3n) is 2.43. The van der Waals surface area contributed by atoms with Crippen LogP contribution in [-0.4, -0.2) is 16.2 Å². The number of thiophene rings is 1. The predicted molar refractivity (Wildman–Crippen MR) is 69.1 cm³/mol. The zero-order valence-corrected chi connectivity index (χ0v) is 10.6. The van der Waals surface area contributed by atoms with E-state index < -0.39 is 0 Å². The fraction of sp³-hybridized carbons (Fsp3) is 0.417. The molecular formula is C12H15NOS2. The standard InChI is InChI=1S/C12H15NOS2/c14-10(9-12-13-6-8-16-12)3-1-4-11-5-2-7-15-11/h2,5-8,10,14H,1,3-4,9H2. The highest BCUT2D eigenvalue weighted by Crippen LogP contribution is 2.15. The molecule has 2 rings (SSSR count). The molecule has 1 atom stereocenters. The lowest BCUT2D eigenvalue weighted by atomic mass is 10.1. The van der Waals surface area contributed by atoms with E-state index in [1.807, 2.05) is 5.38 Å². The van der Waals surface area contributed by atoms with Gasteiger partial charge in [-0.15, -0.1) is 22.7 Å². The highest BCUT2D eigenvalue weighted by molar-refractivity contribution is 7.10. The summed E-state index contributed by atoms with van der Waals surface area (Å²) in [5.74, 6) is 0. The van der Waals surface area contributed by atoms with Gasteiger partial charge in [0.05, 0.1) is 11.1 Å². The molecule has 0 saturated heterocycles. The summed E-state index contributed by atoms with van der Waals surface area (Å²) in [6.07, 6.45) is 5.23. The molecule has 0 saturated carbocycles. The van der Waals surface area contributed by atoms with E-state index in [1.165, 1.54) is 4.88 Å². The Balaban J connectivity index is 1.66. The lowest BCUT2D eigenvalue weighted by Crippen LogP contribution is -2.10. The van der Waals surface area contributed by atoms with Crippen LogP contribution in [0.25, 0.3) is 0 Å². The van der Waals surface area contributed by atoms with Crippen molar-refractivity contribution < 1.29 is 5.11 Å². The lowest BCUT2D eigenvalue weighted by Gasteiger charge is -2.07. The van der Waals surface area contributed by atoms with E-state index in [9.17, 15) is 5.11 Å². The number of hydrogen-bond donors (Lipinski definition) is 1. The lowest BCUT2D eigenvalue weighted by molar-refractivity contribution is 0.162. The summed E-state index contributed by atoms with van der Waals surface area (Å²) in [4.78, 5) is 5.58. The summed E-state index contributed by atoms with van der Waals surface area (Å²) in [5, 5.41) is 14.9. The van der Waals surface area contributed by atoms with E-state index in [0.29, 0.717) is 6.42 Å². The van der Waals surface area contributed by atoms with Gasteiger partial charge in [-0.2, -0.15) is 0 Å². The molecule has 4 heteroatoms. The fourth-order valence-corrected chi connectivity index (χ4v) is 3.06. The Morgan fingerprint density at radius 2 is 2.25 bits per heavy atom. The van der Waals surface area contributed by atoms with Crippen molar-refractivity contribution in [3.8, 4) is 0 Å². The summed E-state index contributed by atoms with van der Waals surface area (Å²) in [7, 11) is 0. The summed E-state index contributed by atoms with van der Waals surface area (Å²) < 4.78 is 0. The van der Waals surface area contributed by atoms with E-state index in [0.717, 1.165) is 24.3 Å². The second-order valence-corrected chi connectivity index (χ2v) is 5.77. The average Bonchev–Trinajstić information content (AvgIpc) is 2.90. The molecule has 0 aliphatic carbocycles. The molecule has 0 aliphatic heterocycles. The molecule has 16 heavy (non-hydrogen) atoms. The van der Waals surface area contributed by atoms with Crippen LogP contribution >= 0.6 is 22.7 Å². The summed E-state index contributed by atoms with van der Waals surface area (Å²) in [6.45, 7) is 0. The first-order chi connectivity index (χ1) is 7.84. The van der Waals surface area contributed by atoms with Gasteiger partial charge in [0, 0.05) is 22.9 Å². The minimum Gasteiger partial charge on any atom is -0.393 e. The highest BCUT2D eigenvalue weighted by atomic mass is 32.1. The van der Waals surface area contributed by atoms with Crippen LogP contribution < -0.4 is 0 Å². The molecule has 2 aromatic heterocycles. The van der Waals surface area contributed by atoms with Crippen LogP contribution in [0.2, 0.25) is 0 Å². The molecule has 0 bridgehead atoms. The fourth-order valence-electron chi connectivity index (χ4n) is 1.62. The van der Waals surface area contributed by atoms with Crippen molar-refractivity contribution >= 4 is 22.7 Å². The van der Waals surface area contributed by atoms with Gasteiger partial charge < -0.3 is 5.11 Å². The first-order valence-electron chi connectivity index (χ1n) is 5.43. The van der Waals surface area contributed by atoms with Gasteiger partial charge in [0.15, 0.2) is 0 Å². The van der Waals surface area contributed by atoms with Crippen molar-refractivity contribution in [3.05, 3.63) is 39.0 Å². The summed E-state index contributed by atoms with van der Waals surface area (Å²) in [5.41, 5.74) is 0. The van der Waals surface area contributed by atoms with E-state index in [1.54, 1.807) is 28.9 Å². The molecule has 1 unspecified atom stereocenters. The number of aliphatic hydroxyl groups excluding tert-OH is 1. The molecule has 0 aromatic carbocycles. The van der Waals surface area contributed by atoms with Crippen LogP contribution in [0.1, 0.15) is 22.7 Å². The van der Waals surface area contributed by atoms with Gasteiger partial charge in [-0.1, -0.05) is 6.07 Å². The predicted octanol–water partition coefficient (Wildman–Crippen LogP) is 3.13. The van der Waals surface area contributed by atoms with Crippen LogP contribution in [0.5, 0.6) is 0 Å². The summed E-state index contributed by atoms with van der Waals surface area (Å²) >= 11 is 3.40. The van der Waals surface area contributed by atoms with Gasteiger partial charge in [0.1, 0.15) is 0 Å². The van der Waals surface area contributed by atoms with Crippen molar-refractivity contribution in [2.24, 2.45) is 0 Å². The smallest absolute Gasteiger partial charge is 0.0950 e. The van der Waals surface area contributed by atoms with Gasteiger partial charge in [-0.25, -0.2) is 4.98 Å². The van der Waals surface area contributed by atoms with E-state index in [4.69, 9.17) is 0 Å². The number of hydrogen-bond acceptors (Lipinski definition) is 4. The monoisotopic (exact) mass is 253 g/mol. The first-order valence-corrected chi connectivity index (χ1v) is 7.19. The van der Waals surface area contributed by atoms with Gasteiger partial charge in [-0.05, 0) is 30.7 Å². The molecule has 1 N–H and O–H groups in total. The van der Waals surface area contributed by atoms with Crippen molar-refractivity contribution in [1.29, 1.82) is 0 Å². The van der Waals surface area contributed by atoms with Crippen molar-refractivity contribution in [2.75, 3.05) is 0 Å². The van der Waals surface area contributed by atoms with Crippen LogP contribution in [0.4, 0.5) is 0 Å². The second kappa shape index (κ2) is 6.13. The van der Waals surface area contributed by atoms with E-state index >= 15 is 0 Å². The quantitative estimate of drug-likeness (QED) is 0.858. The number of aliphatic hydroxyl groups is 1. The van der Waals surface area contributed by atoms with Crippen molar-refractivity contribution in [3.63, 3.8) is 0 Å². The number of nitrogens with zero attached hydrogens (tertiary/aromatic N) is 1. The van der Waals surface area contributed by atoms with Crippen LogP contribution in [0, 0.1) is 0 Å². The van der Waals surface area contributed by atoms with Crippen molar-refractivity contribution in [2.45, 2.75) is 31.8 Å². The van der Waals surface area contributed by atoms with Crippen LogP contribution in [-0.2, 0) is 12.8 Å². The van der Waals surface area contributed by atoms with Gasteiger partial charge in [-0.3, -0.25) is 0 Å². The Bertz CT molecular complexity index is 383. The molecule has 0 spiro atoms. The zero-order chi connectivity index (χ0) is 11.2. The first kappa shape index (κ1) is 11.8. The normalized spacial score (nSPS) is 12.8. The van der Waals surface area contributed by atoms with Crippen molar-refractivity contribution in [1.82, 2.24) is 4.98 Å². The van der Waals surface area contributed by atoms with Crippen LogP contribution in [0.3, 0.4) is 0 Å². The molecule has 2 nitrogen and oxygen atoms in total. The SMILES string of the molecule is OC(CCCc1cccs1)Cc1nccs1. The maximum atomic E-state index is 9.82. The van der Waals surface area contributed by atoms with Gasteiger partial charge in [0.2, 0.25) is 0 Å². The number of aryl methyl sites for hydroxylation is 1. The topological polar surface area (TPSA) is 33.1 Å². The molecule has 0 aliphatic rings. The minimum atomic E-state index is -0.244. The van der Waals surface area contributed by atoms with Crippen LogP contribution in [0.15, 0.2) is 29.1 Å². The summed E-state index contributed by atoms with van der Waals surface area (Å²) in [6, 6.07) is 4.23. The third-order valence-corrected chi connectivity index (χ3v) is 4.17. The highest BCUT2D eigenvalue weighted by Gasteiger charge is 2.07. The van der Waals surface area contributed by atoms with E-state index in [2.05, 4.69) is 22.5 Å². The Morgan fingerprint density at radius 1 is 1.31 bits per heavy atom. The Labute approximate surface area is 104 Å². The number of thiazole rings is 1. The molecule has 86 valence electrons. The van der Waals surface area contributed by atoms with Gasteiger partial charge in [0.25, 0.3) is 0 Å². The molecule has 0 amide bonds. The molecule has 0 fully saturated rings. The molecule has 2 heterocycles. The molecular weight excluding hydrogens is 238 g/mol. The van der Waals surface area contributed by atoms with Gasteiger partial charge >= 0.3 is 0 Å². The maximum Gasteiger partial charge on any atom is 0.0950 e. The Morgan fingerprint density at radius 3 is 2.94 bits per heavy atom. The van der Waals surface area contributed by atoms with E-state index in [-0.39, 0.29) is 6.10 Å². The largest absolute Gasteiger partial charge is 0.393 e. The third kappa shape index (κ3) is 3.70. The second-order valence-electron chi connectivity index (χ2n) is 3.76. The maximum absolute atomic E-state index is 9.82. The molecule has 0 radical (unpaired) electrons. The number of rotatable bonds is 6. The minimum absolute atomic E-state index is 0.244. The zero-order valence-electron chi connectivity index (χ0n) is 9.00. The Hall–Kier alpha value is -0.710. The average molecular weight is 253 g/mol.